The van der Waals surface area contributed by atoms with Crippen LogP contribution in [0.15, 0.2) is 11.6 Å². The molecule has 7 atom stereocenters. The van der Waals surface area contributed by atoms with Crippen LogP contribution in [0.4, 0.5) is 0 Å². The lowest BCUT2D eigenvalue weighted by atomic mass is 9.47. The van der Waals surface area contributed by atoms with Crippen molar-refractivity contribution in [3.63, 3.8) is 0 Å². The first kappa shape index (κ1) is 21.5. The van der Waals surface area contributed by atoms with Gasteiger partial charge in [-0.05, 0) is 111 Å². The average molecular weight is 415 g/mol. The van der Waals surface area contributed by atoms with Gasteiger partial charge in [-0.1, -0.05) is 44.8 Å². The van der Waals surface area contributed by atoms with E-state index in [0.717, 1.165) is 55.6 Å². The summed E-state index contributed by atoms with van der Waals surface area (Å²) in [5.74, 6) is 4.68. The summed E-state index contributed by atoms with van der Waals surface area (Å²) in [6, 6.07) is 0. The zero-order valence-corrected chi connectivity index (χ0v) is 19.7. The summed E-state index contributed by atoms with van der Waals surface area (Å²) in [7, 11) is 0. The van der Waals surface area contributed by atoms with E-state index in [1.165, 1.54) is 77.0 Å². The molecule has 0 amide bonds. The van der Waals surface area contributed by atoms with Gasteiger partial charge >= 0.3 is 0 Å². The second-order valence-electron chi connectivity index (χ2n) is 12.3. The van der Waals surface area contributed by atoms with Crippen LogP contribution in [-0.2, 0) is 4.74 Å². The van der Waals surface area contributed by atoms with Crippen LogP contribution in [0.5, 0.6) is 0 Å². The molecule has 1 aliphatic heterocycles. The summed E-state index contributed by atoms with van der Waals surface area (Å²) in [5, 5.41) is 10.2. The van der Waals surface area contributed by atoms with Crippen LogP contribution >= 0.6 is 0 Å². The van der Waals surface area contributed by atoms with Crippen molar-refractivity contribution < 1.29 is 9.84 Å². The van der Waals surface area contributed by atoms with Crippen LogP contribution in [0.1, 0.15) is 104 Å². The van der Waals surface area contributed by atoms with Gasteiger partial charge in [-0.25, -0.2) is 0 Å². The lowest BCUT2D eigenvalue weighted by Gasteiger charge is -2.58. The third-order valence-corrected chi connectivity index (χ3v) is 11.0. The molecule has 1 saturated heterocycles. The van der Waals surface area contributed by atoms with Gasteiger partial charge in [0, 0.05) is 13.2 Å². The molecule has 1 N–H and O–H groups in total. The Morgan fingerprint density at radius 3 is 2.57 bits per heavy atom. The van der Waals surface area contributed by atoms with Gasteiger partial charge < -0.3 is 9.84 Å². The van der Waals surface area contributed by atoms with Crippen molar-refractivity contribution in [2.24, 2.45) is 40.4 Å². The van der Waals surface area contributed by atoms with Gasteiger partial charge in [-0.2, -0.15) is 0 Å². The summed E-state index contributed by atoms with van der Waals surface area (Å²) < 4.78 is 5.53. The normalized spacial score (nSPS) is 46.6. The Labute approximate surface area is 185 Å². The molecule has 170 valence electrons. The predicted molar refractivity (Wildman–Crippen MR) is 123 cm³/mol. The highest BCUT2D eigenvalue weighted by Gasteiger charge is 2.58. The molecule has 5 rings (SSSR count). The van der Waals surface area contributed by atoms with E-state index in [0.29, 0.717) is 10.8 Å². The molecule has 4 aliphatic carbocycles. The zero-order valence-electron chi connectivity index (χ0n) is 19.7. The van der Waals surface area contributed by atoms with E-state index in [4.69, 9.17) is 4.74 Å². The number of aliphatic hydroxyl groups excluding tert-OH is 1. The molecule has 0 radical (unpaired) electrons. The fourth-order valence-electron chi connectivity index (χ4n) is 9.08. The Hall–Kier alpha value is -0.340. The second-order valence-corrected chi connectivity index (χ2v) is 12.3. The van der Waals surface area contributed by atoms with E-state index in [2.05, 4.69) is 19.9 Å². The van der Waals surface area contributed by atoms with E-state index in [1.807, 2.05) is 0 Å². The number of fused-ring (bicyclic) bond motifs is 5. The van der Waals surface area contributed by atoms with E-state index in [1.54, 1.807) is 5.57 Å². The highest BCUT2D eigenvalue weighted by Crippen LogP contribution is 2.66. The highest BCUT2D eigenvalue weighted by molar-refractivity contribution is 5.25. The van der Waals surface area contributed by atoms with Crippen LogP contribution < -0.4 is 0 Å². The molecule has 0 bridgehead atoms. The van der Waals surface area contributed by atoms with E-state index < -0.39 is 0 Å². The molecule has 30 heavy (non-hydrogen) atoms. The van der Waals surface area contributed by atoms with Gasteiger partial charge in [-0.3, -0.25) is 0 Å². The molecule has 1 heterocycles. The summed E-state index contributed by atoms with van der Waals surface area (Å²) in [6.45, 7) is 7.26. The summed E-state index contributed by atoms with van der Waals surface area (Å²) in [4.78, 5) is 0. The first-order valence-electron chi connectivity index (χ1n) is 13.5. The van der Waals surface area contributed by atoms with Gasteiger partial charge in [0.05, 0.1) is 6.10 Å². The fourth-order valence-corrected chi connectivity index (χ4v) is 9.08. The van der Waals surface area contributed by atoms with Crippen LogP contribution in [0.25, 0.3) is 0 Å². The van der Waals surface area contributed by atoms with Crippen molar-refractivity contribution in [3.05, 3.63) is 11.6 Å². The largest absolute Gasteiger partial charge is 0.393 e. The van der Waals surface area contributed by atoms with Crippen LogP contribution in [0.3, 0.4) is 0 Å². The zero-order chi connectivity index (χ0) is 20.8. The van der Waals surface area contributed by atoms with Gasteiger partial charge in [0.1, 0.15) is 0 Å². The van der Waals surface area contributed by atoms with Gasteiger partial charge in [0.15, 0.2) is 0 Å². The van der Waals surface area contributed by atoms with Gasteiger partial charge in [-0.15, -0.1) is 0 Å². The predicted octanol–water partition coefficient (Wildman–Crippen LogP) is 6.91. The minimum Gasteiger partial charge on any atom is -0.393 e. The Balaban J connectivity index is 1.20. The SMILES string of the molecule is CC12CC[C@H](O)CC1=CCC1C2CCC2(C)C1CC[C@@H]2CCCCC1CCOCC1. The number of ether oxygens (including phenoxy) is 1. The van der Waals surface area contributed by atoms with Crippen molar-refractivity contribution in [2.45, 2.75) is 110 Å². The smallest absolute Gasteiger partial charge is 0.0577 e. The number of allylic oxidation sites excluding steroid dienone is 1. The van der Waals surface area contributed by atoms with E-state index >= 15 is 0 Å². The second kappa shape index (κ2) is 8.54. The Bertz CT molecular complexity index is 635. The molecule has 0 aromatic rings. The molecule has 0 aromatic heterocycles. The Morgan fingerprint density at radius 2 is 1.73 bits per heavy atom. The third kappa shape index (κ3) is 3.72. The number of hydrogen-bond donors (Lipinski definition) is 1. The number of hydrogen-bond acceptors (Lipinski definition) is 2. The lowest BCUT2D eigenvalue weighted by molar-refractivity contribution is -0.0509. The Kier molecular flexibility index (Phi) is 6.12. The number of aliphatic hydroxyl groups is 1. The fraction of sp³-hybridized carbons (Fsp3) is 0.929. The third-order valence-electron chi connectivity index (χ3n) is 11.0. The lowest BCUT2D eigenvalue weighted by Crippen LogP contribution is -2.50. The molecule has 0 aromatic carbocycles. The highest BCUT2D eigenvalue weighted by atomic mass is 16.5. The molecular weight excluding hydrogens is 368 g/mol. The maximum absolute atomic E-state index is 10.2. The van der Waals surface area contributed by atoms with Crippen molar-refractivity contribution in [1.29, 1.82) is 0 Å². The minimum absolute atomic E-state index is 0.0771. The Morgan fingerprint density at radius 1 is 0.933 bits per heavy atom. The monoisotopic (exact) mass is 414 g/mol. The van der Waals surface area contributed by atoms with Crippen molar-refractivity contribution in [1.82, 2.24) is 0 Å². The summed E-state index contributed by atoms with van der Waals surface area (Å²) >= 11 is 0. The van der Waals surface area contributed by atoms with Crippen molar-refractivity contribution in [2.75, 3.05) is 13.2 Å². The van der Waals surface area contributed by atoms with Crippen molar-refractivity contribution in [3.8, 4) is 0 Å². The first-order chi connectivity index (χ1) is 14.5. The summed E-state index contributed by atoms with van der Waals surface area (Å²) in [5.41, 5.74) is 2.62. The van der Waals surface area contributed by atoms with E-state index in [-0.39, 0.29) is 6.10 Å². The maximum atomic E-state index is 10.2. The molecule has 4 fully saturated rings. The topological polar surface area (TPSA) is 29.5 Å². The molecule has 3 saturated carbocycles. The van der Waals surface area contributed by atoms with E-state index in [9.17, 15) is 5.11 Å². The first-order valence-corrected chi connectivity index (χ1v) is 13.5. The van der Waals surface area contributed by atoms with Crippen molar-refractivity contribution >= 4 is 0 Å². The maximum Gasteiger partial charge on any atom is 0.0577 e. The molecule has 5 aliphatic rings. The molecular formula is C28H46O2. The standard InChI is InChI=1S/C28H46O2/c1-27-16-12-26-24(9-7-22-19-23(29)11-15-28(22,26)2)25(27)10-8-21(27)6-4-3-5-20-13-17-30-18-14-20/h7,20-21,23-26,29H,3-6,8-19H2,1-2H3/t21-,23-,24?,25?,26?,27?,28?/m0/s1. The number of unbranched alkanes of at least 4 members (excludes halogenated alkanes) is 1. The van der Waals surface area contributed by atoms with Crippen LogP contribution in [-0.4, -0.2) is 24.4 Å². The molecule has 2 heteroatoms. The number of rotatable bonds is 5. The van der Waals surface area contributed by atoms with Gasteiger partial charge in [0.25, 0.3) is 0 Å². The minimum atomic E-state index is -0.0771. The van der Waals surface area contributed by atoms with Crippen LogP contribution in [0.2, 0.25) is 0 Å². The molecule has 5 unspecified atom stereocenters. The quantitative estimate of drug-likeness (QED) is 0.391. The summed E-state index contributed by atoms with van der Waals surface area (Å²) in [6.07, 6.45) is 21.4. The average Bonchev–Trinajstić information content (AvgIpc) is 3.09. The molecule has 2 nitrogen and oxygen atoms in total. The van der Waals surface area contributed by atoms with Crippen LogP contribution in [0, 0.1) is 40.4 Å². The molecule has 0 spiro atoms. The van der Waals surface area contributed by atoms with Gasteiger partial charge in [0.2, 0.25) is 0 Å².